The topological polar surface area (TPSA) is 35.5 Å². The second-order valence-electron chi connectivity index (χ2n) is 5.76. The fraction of sp³-hybridized carbons (Fsp3) is 0.471. The molecule has 0 aliphatic rings. The predicted octanol–water partition coefficient (Wildman–Crippen LogP) is 4.55. The predicted molar refractivity (Wildman–Crippen MR) is 86.0 cm³/mol. The van der Waals surface area contributed by atoms with Crippen LogP contribution in [0.15, 0.2) is 30.0 Å². The number of hydrogen-bond donors (Lipinski definition) is 0. The lowest BCUT2D eigenvalue weighted by Gasteiger charge is -2.13. The quantitative estimate of drug-likeness (QED) is 0.421. The van der Waals surface area contributed by atoms with E-state index in [1.807, 2.05) is 39.8 Å². The Morgan fingerprint density at radius 3 is 2.10 bits per heavy atom. The SMILES string of the molecule is CC(C)COC(=O)C(=Cc1ccc(Cl)cc1)OCC(C)C. The van der Waals surface area contributed by atoms with Gasteiger partial charge in [-0.25, -0.2) is 4.79 Å². The smallest absolute Gasteiger partial charge is 0.373 e. The fourth-order valence-electron chi connectivity index (χ4n) is 1.44. The third-order valence-electron chi connectivity index (χ3n) is 2.49. The normalized spacial score (nSPS) is 11.9. The first-order chi connectivity index (χ1) is 9.88. The molecule has 0 saturated carbocycles. The van der Waals surface area contributed by atoms with Crippen LogP contribution in [0.2, 0.25) is 5.02 Å². The van der Waals surface area contributed by atoms with Gasteiger partial charge in [-0.3, -0.25) is 0 Å². The van der Waals surface area contributed by atoms with Crippen LogP contribution in [0.25, 0.3) is 6.08 Å². The number of ether oxygens (including phenoxy) is 2. The molecule has 4 heteroatoms. The fourth-order valence-corrected chi connectivity index (χ4v) is 1.57. The van der Waals surface area contributed by atoms with E-state index in [1.165, 1.54) is 0 Å². The molecule has 21 heavy (non-hydrogen) atoms. The zero-order valence-electron chi connectivity index (χ0n) is 13.1. The van der Waals surface area contributed by atoms with E-state index in [0.717, 1.165) is 5.56 Å². The van der Waals surface area contributed by atoms with Crippen molar-refractivity contribution in [3.8, 4) is 0 Å². The molecular formula is C17H23ClO3. The summed E-state index contributed by atoms with van der Waals surface area (Å²) in [5, 5.41) is 0.652. The van der Waals surface area contributed by atoms with E-state index in [1.54, 1.807) is 18.2 Å². The Kier molecular flexibility index (Phi) is 7.30. The van der Waals surface area contributed by atoms with Crippen molar-refractivity contribution in [1.82, 2.24) is 0 Å². The van der Waals surface area contributed by atoms with E-state index < -0.39 is 5.97 Å². The van der Waals surface area contributed by atoms with Crippen molar-refractivity contribution in [2.45, 2.75) is 27.7 Å². The van der Waals surface area contributed by atoms with Gasteiger partial charge in [-0.15, -0.1) is 0 Å². The van der Waals surface area contributed by atoms with Crippen molar-refractivity contribution in [3.63, 3.8) is 0 Å². The number of rotatable bonds is 7. The molecule has 0 radical (unpaired) electrons. The summed E-state index contributed by atoms with van der Waals surface area (Å²) in [6, 6.07) is 7.20. The number of benzene rings is 1. The molecule has 1 aromatic carbocycles. The summed E-state index contributed by atoms with van der Waals surface area (Å²) in [4.78, 5) is 12.1. The van der Waals surface area contributed by atoms with Gasteiger partial charge >= 0.3 is 5.97 Å². The molecule has 0 saturated heterocycles. The van der Waals surface area contributed by atoms with Crippen LogP contribution in [0.5, 0.6) is 0 Å². The monoisotopic (exact) mass is 310 g/mol. The van der Waals surface area contributed by atoms with Crippen LogP contribution >= 0.6 is 11.6 Å². The summed E-state index contributed by atoms with van der Waals surface area (Å²) in [5.41, 5.74) is 0.847. The van der Waals surface area contributed by atoms with E-state index >= 15 is 0 Å². The van der Waals surface area contributed by atoms with E-state index in [4.69, 9.17) is 21.1 Å². The molecule has 0 fully saturated rings. The second-order valence-corrected chi connectivity index (χ2v) is 6.19. The van der Waals surface area contributed by atoms with Gasteiger partial charge in [0.05, 0.1) is 13.2 Å². The molecule has 1 rings (SSSR count). The lowest BCUT2D eigenvalue weighted by molar-refractivity contribution is -0.144. The summed E-state index contributed by atoms with van der Waals surface area (Å²) >= 11 is 5.85. The second kappa shape index (κ2) is 8.73. The van der Waals surface area contributed by atoms with Gasteiger partial charge in [0.1, 0.15) is 0 Å². The maximum Gasteiger partial charge on any atom is 0.373 e. The summed E-state index contributed by atoms with van der Waals surface area (Å²) in [6.07, 6.45) is 1.68. The van der Waals surface area contributed by atoms with Gasteiger partial charge in [0, 0.05) is 5.02 Å². The Bertz CT molecular complexity index is 475. The Labute approximate surface area is 131 Å². The number of halogens is 1. The van der Waals surface area contributed by atoms with Crippen LogP contribution < -0.4 is 0 Å². The molecule has 0 amide bonds. The summed E-state index contributed by atoms with van der Waals surface area (Å²) < 4.78 is 10.8. The van der Waals surface area contributed by atoms with Gasteiger partial charge in [-0.05, 0) is 35.6 Å². The van der Waals surface area contributed by atoms with Crippen molar-refractivity contribution in [1.29, 1.82) is 0 Å². The Hall–Kier alpha value is -1.48. The van der Waals surface area contributed by atoms with E-state index in [9.17, 15) is 4.79 Å². The first-order valence-corrected chi connectivity index (χ1v) is 7.53. The number of esters is 1. The summed E-state index contributed by atoms with van der Waals surface area (Å²) in [6.45, 7) is 8.88. The minimum atomic E-state index is -0.431. The summed E-state index contributed by atoms with van der Waals surface area (Å²) in [7, 11) is 0. The zero-order chi connectivity index (χ0) is 15.8. The molecular weight excluding hydrogens is 288 g/mol. The van der Waals surface area contributed by atoms with Gasteiger partial charge in [0.25, 0.3) is 0 Å². The first-order valence-electron chi connectivity index (χ1n) is 7.15. The molecule has 0 N–H and O–H groups in total. The first kappa shape index (κ1) is 17.6. The van der Waals surface area contributed by atoms with Crippen molar-refractivity contribution in [2.24, 2.45) is 11.8 Å². The van der Waals surface area contributed by atoms with Gasteiger partial charge in [-0.1, -0.05) is 51.4 Å². The van der Waals surface area contributed by atoms with Crippen LogP contribution in [0.1, 0.15) is 33.3 Å². The van der Waals surface area contributed by atoms with E-state index in [2.05, 4.69) is 0 Å². The van der Waals surface area contributed by atoms with Crippen LogP contribution in [0.4, 0.5) is 0 Å². The van der Waals surface area contributed by atoms with Crippen LogP contribution in [-0.4, -0.2) is 19.2 Å². The van der Waals surface area contributed by atoms with Gasteiger partial charge in [0.2, 0.25) is 5.76 Å². The Morgan fingerprint density at radius 1 is 1.05 bits per heavy atom. The molecule has 116 valence electrons. The maximum atomic E-state index is 12.1. The van der Waals surface area contributed by atoms with Gasteiger partial charge in [-0.2, -0.15) is 0 Å². The Morgan fingerprint density at radius 2 is 1.57 bits per heavy atom. The van der Waals surface area contributed by atoms with Crippen molar-refractivity contribution >= 4 is 23.6 Å². The molecule has 0 atom stereocenters. The van der Waals surface area contributed by atoms with Crippen LogP contribution in [-0.2, 0) is 14.3 Å². The number of carbonyl (C=O) groups is 1. The highest BCUT2D eigenvalue weighted by Gasteiger charge is 2.14. The average molecular weight is 311 g/mol. The largest absolute Gasteiger partial charge is 0.486 e. The van der Waals surface area contributed by atoms with Crippen molar-refractivity contribution in [2.75, 3.05) is 13.2 Å². The molecule has 0 heterocycles. The number of carbonyl (C=O) groups excluding carboxylic acids is 1. The highest BCUT2D eigenvalue weighted by Crippen LogP contribution is 2.15. The zero-order valence-corrected chi connectivity index (χ0v) is 13.8. The number of hydrogen-bond acceptors (Lipinski definition) is 3. The van der Waals surface area contributed by atoms with Gasteiger partial charge in [0.15, 0.2) is 0 Å². The minimum absolute atomic E-state index is 0.228. The molecule has 3 nitrogen and oxygen atoms in total. The summed E-state index contributed by atoms with van der Waals surface area (Å²) in [5.74, 6) is 0.415. The van der Waals surface area contributed by atoms with Gasteiger partial charge < -0.3 is 9.47 Å². The van der Waals surface area contributed by atoms with E-state index in [-0.39, 0.29) is 11.7 Å². The highest BCUT2D eigenvalue weighted by atomic mass is 35.5. The Balaban J connectivity index is 2.84. The standard InChI is InChI=1S/C17H23ClO3/c1-12(2)10-20-16(17(19)21-11-13(3)4)9-14-5-7-15(18)8-6-14/h5-9,12-13H,10-11H2,1-4H3. The average Bonchev–Trinajstić information content (AvgIpc) is 2.42. The molecule has 0 unspecified atom stereocenters. The maximum absolute atomic E-state index is 12.1. The van der Waals surface area contributed by atoms with Crippen molar-refractivity contribution in [3.05, 3.63) is 40.6 Å². The highest BCUT2D eigenvalue weighted by molar-refractivity contribution is 6.30. The van der Waals surface area contributed by atoms with Crippen LogP contribution in [0, 0.1) is 11.8 Å². The third-order valence-corrected chi connectivity index (χ3v) is 2.74. The third kappa shape index (κ3) is 7.19. The molecule has 0 bridgehead atoms. The van der Waals surface area contributed by atoms with Crippen molar-refractivity contribution < 1.29 is 14.3 Å². The molecule has 0 aliphatic carbocycles. The molecule has 0 aliphatic heterocycles. The lowest BCUT2D eigenvalue weighted by atomic mass is 10.2. The molecule has 1 aromatic rings. The molecule has 0 spiro atoms. The minimum Gasteiger partial charge on any atom is -0.486 e. The van der Waals surface area contributed by atoms with Crippen LogP contribution in [0.3, 0.4) is 0 Å². The lowest BCUT2D eigenvalue weighted by Crippen LogP contribution is -2.15. The van der Waals surface area contributed by atoms with E-state index in [0.29, 0.717) is 24.2 Å². The molecule has 0 aromatic heterocycles.